The van der Waals surface area contributed by atoms with Gasteiger partial charge in [0, 0.05) is 37.9 Å². The number of para-hydroxylation sites is 1. The first-order valence-corrected chi connectivity index (χ1v) is 6.70. The highest BCUT2D eigenvalue weighted by atomic mass is 15.1. The van der Waals surface area contributed by atoms with Crippen molar-refractivity contribution >= 4 is 5.69 Å². The quantitative estimate of drug-likeness (QED) is 0.740. The van der Waals surface area contributed by atoms with Gasteiger partial charge in [-0.15, -0.1) is 0 Å². The molecule has 0 atom stereocenters. The average molecular weight is 231 g/mol. The summed E-state index contributed by atoms with van der Waals surface area (Å²) in [5.41, 5.74) is 2.97. The molecule has 2 N–H and O–H groups in total. The summed E-state index contributed by atoms with van der Waals surface area (Å²) in [4.78, 5) is 2.52. The summed E-state index contributed by atoms with van der Waals surface area (Å²) in [5, 5.41) is 6.86. The highest BCUT2D eigenvalue weighted by Gasteiger charge is 2.18. The number of nitrogens with zero attached hydrogens (tertiary/aromatic N) is 1. The predicted molar refractivity (Wildman–Crippen MR) is 71.6 cm³/mol. The van der Waals surface area contributed by atoms with Crippen molar-refractivity contribution in [3.63, 3.8) is 0 Å². The Morgan fingerprint density at radius 2 is 2.18 bits per heavy atom. The monoisotopic (exact) mass is 231 g/mol. The van der Waals surface area contributed by atoms with Crippen molar-refractivity contribution in [3.8, 4) is 0 Å². The number of fused-ring (bicyclic) bond motifs is 1. The van der Waals surface area contributed by atoms with Gasteiger partial charge in [0.15, 0.2) is 0 Å². The van der Waals surface area contributed by atoms with Crippen molar-refractivity contribution in [2.45, 2.75) is 18.9 Å². The van der Waals surface area contributed by atoms with Gasteiger partial charge < -0.3 is 15.5 Å². The Labute approximate surface area is 103 Å². The second-order valence-corrected chi connectivity index (χ2v) is 5.03. The minimum absolute atomic E-state index is 0.723. The molecule has 3 nitrogen and oxygen atoms in total. The van der Waals surface area contributed by atoms with Crippen molar-refractivity contribution < 1.29 is 0 Å². The Hall–Kier alpha value is -1.06. The molecule has 92 valence electrons. The largest absolute Gasteiger partial charge is 0.371 e. The lowest BCUT2D eigenvalue weighted by molar-refractivity contribution is 0.366. The number of hydrogen-bond acceptors (Lipinski definition) is 3. The van der Waals surface area contributed by atoms with Crippen LogP contribution in [0, 0.1) is 0 Å². The Morgan fingerprint density at radius 1 is 1.29 bits per heavy atom. The van der Waals surface area contributed by atoms with Gasteiger partial charge in [0.2, 0.25) is 0 Å². The third kappa shape index (κ3) is 2.45. The van der Waals surface area contributed by atoms with Gasteiger partial charge >= 0.3 is 0 Å². The SMILES string of the molecule is c1ccc2c(c1)CCN2CCCNC1CNC1. The van der Waals surface area contributed by atoms with Crippen LogP contribution >= 0.6 is 0 Å². The molecule has 2 heterocycles. The zero-order valence-corrected chi connectivity index (χ0v) is 10.3. The molecule has 3 rings (SSSR count). The summed E-state index contributed by atoms with van der Waals surface area (Å²) >= 11 is 0. The lowest BCUT2D eigenvalue weighted by Crippen LogP contribution is -2.55. The molecule has 0 radical (unpaired) electrons. The van der Waals surface area contributed by atoms with E-state index in [2.05, 4.69) is 39.8 Å². The smallest absolute Gasteiger partial charge is 0.0399 e. The summed E-state index contributed by atoms with van der Waals surface area (Å²) in [5.74, 6) is 0. The van der Waals surface area contributed by atoms with Crippen molar-refractivity contribution in [1.29, 1.82) is 0 Å². The second kappa shape index (κ2) is 5.07. The highest BCUT2D eigenvalue weighted by Crippen LogP contribution is 2.27. The highest BCUT2D eigenvalue weighted by molar-refractivity contribution is 5.57. The summed E-state index contributed by atoms with van der Waals surface area (Å²) in [6.45, 7) is 5.82. The number of nitrogens with one attached hydrogen (secondary N) is 2. The average Bonchev–Trinajstić information content (AvgIpc) is 2.70. The van der Waals surface area contributed by atoms with Crippen molar-refractivity contribution in [1.82, 2.24) is 10.6 Å². The van der Waals surface area contributed by atoms with Crippen LogP contribution in [0.5, 0.6) is 0 Å². The Bertz CT molecular complexity index is 373. The lowest BCUT2D eigenvalue weighted by Gasteiger charge is -2.28. The van der Waals surface area contributed by atoms with Gasteiger partial charge in [-0.25, -0.2) is 0 Å². The number of hydrogen-bond donors (Lipinski definition) is 2. The van der Waals surface area contributed by atoms with E-state index >= 15 is 0 Å². The summed E-state index contributed by atoms with van der Waals surface area (Å²) in [6, 6.07) is 9.53. The van der Waals surface area contributed by atoms with Crippen LogP contribution in [0.1, 0.15) is 12.0 Å². The van der Waals surface area contributed by atoms with Gasteiger partial charge in [-0.3, -0.25) is 0 Å². The maximum atomic E-state index is 3.58. The maximum Gasteiger partial charge on any atom is 0.0399 e. The van der Waals surface area contributed by atoms with Crippen LogP contribution in [0.2, 0.25) is 0 Å². The molecule has 1 aromatic rings. The predicted octanol–water partition coefficient (Wildman–Crippen LogP) is 1.00. The molecule has 0 aromatic heterocycles. The molecule has 1 saturated heterocycles. The van der Waals surface area contributed by atoms with Crippen LogP contribution in [0.25, 0.3) is 0 Å². The normalized spacial score (nSPS) is 19.2. The molecule has 2 aliphatic rings. The minimum atomic E-state index is 0.723. The zero-order valence-electron chi connectivity index (χ0n) is 10.3. The molecule has 2 aliphatic heterocycles. The Morgan fingerprint density at radius 3 is 3.00 bits per heavy atom. The standard InChI is InChI=1S/C14H21N3/c1-2-5-14-12(4-1)6-9-17(14)8-3-7-16-13-10-15-11-13/h1-2,4-5,13,15-16H,3,6-11H2. The van der Waals surface area contributed by atoms with E-state index in [-0.39, 0.29) is 0 Å². The molecule has 0 saturated carbocycles. The van der Waals surface area contributed by atoms with E-state index in [9.17, 15) is 0 Å². The van der Waals surface area contributed by atoms with E-state index < -0.39 is 0 Å². The number of rotatable bonds is 5. The van der Waals surface area contributed by atoms with E-state index in [0.29, 0.717) is 0 Å². The topological polar surface area (TPSA) is 27.3 Å². The molecule has 1 fully saturated rings. The van der Waals surface area contributed by atoms with Crippen molar-refractivity contribution in [2.75, 3.05) is 37.6 Å². The molecule has 0 unspecified atom stereocenters. The molecule has 0 bridgehead atoms. The maximum absolute atomic E-state index is 3.58. The van der Waals surface area contributed by atoms with E-state index in [1.165, 1.54) is 37.2 Å². The van der Waals surface area contributed by atoms with Crippen LogP contribution in [-0.4, -0.2) is 38.8 Å². The first-order chi connectivity index (χ1) is 8.43. The van der Waals surface area contributed by atoms with E-state index in [1.54, 1.807) is 0 Å². The lowest BCUT2D eigenvalue weighted by atomic mass is 10.2. The van der Waals surface area contributed by atoms with Gasteiger partial charge in [0.05, 0.1) is 0 Å². The molecular weight excluding hydrogens is 210 g/mol. The van der Waals surface area contributed by atoms with Crippen LogP contribution < -0.4 is 15.5 Å². The van der Waals surface area contributed by atoms with Crippen LogP contribution in [-0.2, 0) is 6.42 Å². The third-order valence-electron chi connectivity index (χ3n) is 3.80. The van der Waals surface area contributed by atoms with Gasteiger partial charge in [-0.2, -0.15) is 0 Å². The van der Waals surface area contributed by atoms with Gasteiger partial charge in [-0.05, 0) is 31.0 Å². The van der Waals surface area contributed by atoms with Gasteiger partial charge in [0.25, 0.3) is 0 Å². The number of benzene rings is 1. The van der Waals surface area contributed by atoms with E-state index in [0.717, 1.165) is 25.7 Å². The second-order valence-electron chi connectivity index (χ2n) is 5.03. The zero-order chi connectivity index (χ0) is 11.5. The van der Waals surface area contributed by atoms with Crippen LogP contribution in [0.3, 0.4) is 0 Å². The summed E-state index contributed by atoms with van der Waals surface area (Å²) in [6.07, 6.45) is 2.46. The van der Waals surface area contributed by atoms with E-state index in [1.807, 2.05) is 0 Å². The fourth-order valence-electron chi connectivity index (χ4n) is 2.65. The molecule has 0 spiro atoms. The Kier molecular flexibility index (Phi) is 3.29. The molecule has 1 aromatic carbocycles. The molecule has 17 heavy (non-hydrogen) atoms. The summed E-state index contributed by atoms with van der Waals surface area (Å²) in [7, 11) is 0. The van der Waals surface area contributed by atoms with E-state index in [4.69, 9.17) is 0 Å². The van der Waals surface area contributed by atoms with Gasteiger partial charge in [-0.1, -0.05) is 18.2 Å². The number of anilines is 1. The first kappa shape index (κ1) is 11.1. The molecule has 0 aliphatic carbocycles. The van der Waals surface area contributed by atoms with Gasteiger partial charge in [0.1, 0.15) is 0 Å². The molecular formula is C14H21N3. The third-order valence-corrected chi connectivity index (χ3v) is 3.80. The first-order valence-electron chi connectivity index (χ1n) is 6.70. The van der Waals surface area contributed by atoms with Crippen LogP contribution in [0.4, 0.5) is 5.69 Å². The van der Waals surface area contributed by atoms with Crippen LogP contribution in [0.15, 0.2) is 24.3 Å². The fraction of sp³-hybridized carbons (Fsp3) is 0.571. The molecule has 3 heteroatoms. The summed E-state index contributed by atoms with van der Waals surface area (Å²) < 4.78 is 0. The molecule has 0 amide bonds. The minimum Gasteiger partial charge on any atom is -0.371 e. The van der Waals surface area contributed by atoms with Crippen molar-refractivity contribution in [2.24, 2.45) is 0 Å². The van der Waals surface area contributed by atoms with Crippen molar-refractivity contribution in [3.05, 3.63) is 29.8 Å². The Balaban J connectivity index is 1.43. The fourth-order valence-corrected chi connectivity index (χ4v) is 2.65.